The monoisotopic (exact) mass is 388 g/mol. The van der Waals surface area contributed by atoms with Crippen LogP contribution in [0.1, 0.15) is 29.4 Å². The van der Waals surface area contributed by atoms with E-state index in [2.05, 4.69) is 53.4 Å². The van der Waals surface area contributed by atoms with Crippen molar-refractivity contribution in [3.63, 3.8) is 0 Å². The number of aryl methyl sites for hydroxylation is 2. The number of rotatable bonds is 8. The van der Waals surface area contributed by atoms with E-state index >= 15 is 0 Å². The number of aromatic nitrogens is 2. The van der Waals surface area contributed by atoms with Gasteiger partial charge in [-0.05, 0) is 57.5 Å². The van der Waals surface area contributed by atoms with Crippen molar-refractivity contribution in [3.05, 3.63) is 52.6 Å². The van der Waals surface area contributed by atoms with E-state index in [1.807, 2.05) is 23.9 Å². The molecule has 2 aromatic rings. The maximum Gasteiger partial charge on any atom is 0.191 e. The molecule has 0 saturated heterocycles. The first-order chi connectivity index (χ1) is 13.3. The molecule has 2 N–H and O–H groups in total. The highest BCUT2D eigenvalue weighted by atomic mass is 19.1. The van der Waals surface area contributed by atoms with Crippen LogP contribution in [0, 0.1) is 19.7 Å². The van der Waals surface area contributed by atoms with Crippen LogP contribution in [0.4, 0.5) is 4.39 Å². The molecule has 0 bridgehead atoms. The second kappa shape index (κ2) is 10.2. The second-order valence-corrected chi connectivity index (χ2v) is 7.39. The minimum absolute atomic E-state index is 0.200. The Balaban J connectivity index is 1.76. The molecule has 0 saturated carbocycles. The summed E-state index contributed by atoms with van der Waals surface area (Å²) in [5.74, 6) is 0.593. The molecule has 6 nitrogen and oxygen atoms in total. The summed E-state index contributed by atoms with van der Waals surface area (Å²) in [6, 6.07) is 6.89. The zero-order valence-corrected chi connectivity index (χ0v) is 17.9. The van der Waals surface area contributed by atoms with Crippen molar-refractivity contribution < 1.29 is 4.39 Å². The minimum Gasteiger partial charge on any atom is -0.355 e. The second-order valence-electron chi connectivity index (χ2n) is 7.39. The molecule has 1 aromatic heterocycles. The molecular formula is C21H33FN6. The third-order valence-electron chi connectivity index (χ3n) is 4.93. The standard InChI is InChI=1S/C21H33FN6/c1-15(13-20-16(2)26-28(6)17(20)3)25-21(23-4)24-11-12-27(5)14-18-7-9-19(22)10-8-18/h7-10,15H,11-14H2,1-6H3,(H2,23,24,25). The van der Waals surface area contributed by atoms with Crippen LogP contribution >= 0.6 is 0 Å². The van der Waals surface area contributed by atoms with E-state index in [4.69, 9.17) is 0 Å². The molecule has 154 valence electrons. The van der Waals surface area contributed by atoms with Crippen molar-refractivity contribution in [2.24, 2.45) is 12.0 Å². The molecule has 0 aliphatic carbocycles. The highest BCUT2D eigenvalue weighted by molar-refractivity contribution is 5.79. The van der Waals surface area contributed by atoms with Crippen LogP contribution in [-0.2, 0) is 20.0 Å². The topological polar surface area (TPSA) is 57.5 Å². The normalized spacial score (nSPS) is 13.1. The Morgan fingerprint density at radius 2 is 1.96 bits per heavy atom. The summed E-state index contributed by atoms with van der Waals surface area (Å²) in [6.07, 6.45) is 0.899. The van der Waals surface area contributed by atoms with Gasteiger partial charge in [-0.1, -0.05) is 12.1 Å². The van der Waals surface area contributed by atoms with Gasteiger partial charge in [0.25, 0.3) is 0 Å². The van der Waals surface area contributed by atoms with Crippen LogP contribution in [0.15, 0.2) is 29.3 Å². The van der Waals surface area contributed by atoms with E-state index < -0.39 is 0 Å². The van der Waals surface area contributed by atoms with E-state index in [1.54, 1.807) is 7.05 Å². The third-order valence-corrected chi connectivity index (χ3v) is 4.93. The van der Waals surface area contributed by atoms with Gasteiger partial charge in [-0.3, -0.25) is 9.67 Å². The average molecular weight is 389 g/mol. The van der Waals surface area contributed by atoms with Gasteiger partial charge in [0.2, 0.25) is 0 Å². The van der Waals surface area contributed by atoms with Gasteiger partial charge in [0.15, 0.2) is 5.96 Å². The Morgan fingerprint density at radius 1 is 1.29 bits per heavy atom. The average Bonchev–Trinajstić information content (AvgIpc) is 2.89. The van der Waals surface area contributed by atoms with E-state index in [9.17, 15) is 4.39 Å². The number of halogens is 1. The van der Waals surface area contributed by atoms with Crippen LogP contribution in [0.2, 0.25) is 0 Å². The van der Waals surface area contributed by atoms with Crippen molar-refractivity contribution in [1.82, 2.24) is 25.3 Å². The SMILES string of the molecule is CN=C(NCCN(C)Cc1ccc(F)cc1)NC(C)Cc1c(C)nn(C)c1C. The lowest BCUT2D eigenvalue weighted by atomic mass is 10.1. The maximum absolute atomic E-state index is 13.0. The molecule has 0 amide bonds. The predicted molar refractivity (Wildman–Crippen MR) is 113 cm³/mol. The third kappa shape index (κ3) is 6.34. The Morgan fingerprint density at radius 3 is 2.54 bits per heavy atom. The number of nitrogens with one attached hydrogen (secondary N) is 2. The summed E-state index contributed by atoms with van der Waals surface area (Å²) in [7, 11) is 5.82. The summed E-state index contributed by atoms with van der Waals surface area (Å²) in [5.41, 5.74) is 4.68. The lowest BCUT2D eigenvalue weighted by molar-refractivity contribution is 0.331. The minimum atomic E-state index is -0.200. The van der Waals surface area contributed by atoms with Crippen molar-refractivity contribution in [1.29, 1.82) is 0 Å². The molecule has 1 atom stereocenters. The molecule has 1 unspecified atom stereocenters. The van der Waals surface area contributed by atoms with Gasteiger partial charge in [-0.25, -0.2) is 4.39 Å². The van der Waals surface area contributed by atoms with Gasteiger partial charge in [0.1, 0.15) is 5.82 Å². The highest BCUT2D eigenvalue weighted by Crippen LogP contribution is 2.14. The fourth-order valence-electron chi connectivity index (χ4n) is 3.24. The van der Waals surface area contributed by atoms with Gasteiger partial charge < -0.3 is 15.5 Å². The van der Waals surface area contributed by atoms with Gasteiger partial charge in [-0.15, -0.1) is 0 Å². The molecule has 7 heteroatoms. The molecular weight excluding hydrogens is 355 g/mol. The first kappa shape index (κ1) is 21.9. The summed E-state index contributed by atoms with van der Waals surface area (Å²) < 4.78 is 14.9. The Bertz CT molecular complexity index is 781. The van der Waals surface area contributed by atoms with E-state index in [0.29, 0.717) is 0 Å². The van der Waals surface area contributed by atoms with Crippen molar-refractivity contribution in [3.8, 4) is 0 Å². The first-order valence-electron chi connectivity index (χ1n) is 9.69. The first-order valence-corrected chi connectivity index (χ1v) is 9.69. The Hall–Kier alpha value is -2.41. The number of hydrogen-bond donors (Lipinski definition) is 2. The summed E-state index contributed by atoms with van der Waals surface area (Å²) in [5, 5.41) is 11.3. The van der Waals surface area contributed by atoms with Crippen LogP contribution in [0.5, 0.6) is 0 Å². The lowest BCUT2D eigenvalue weighted by Crippen LogP contribution is -2.45. The number of aliphatic imine (C=N–C) groups is 1. The molecule has 0 aliphatic rings. The number of nitrogens with zero attached hydrogens (tertiary/aromatic N) is 4. The molecule has 1 heterocycles. The zero-order chi connectivity index (χ0) is 20.7. The molecule has 2 rings (SSSR count). The quantitative estimate of drug-likeness (QED) is 0.539. The molecule has 28 heavy (non-hydrogen) atoms. The molecule has 0 fully saturated rings. The van der Waals surface area contributed by atoms with Gasteiger partial charge >= 0.3 is 0 Å². The number of hydrogen-bond acceptors (Lipinski definition) is 3. The number of guanidine groups is 1. The number of benzene rings is 1. The summed E-state index contributed by atoms with van der Waals surface area (Å²) in [4.78, 5) is 6.52. The summed E-state index contributed by atoms with van der Waals surface area (Å²) >= 11 is 0. The fourth-order valence-corrected chi connectivity index (χ4v) is 3.24. The van der Waals surface area contributed by atoms with Crippen LogP contribution in [0.25, 0.3) is 0 Å². The lowest BCUT2D eigenvalue weighted by Gasteiger charge is -2.21. The van der Waals surface area contributed by atoms with E-state index in [1.165, 1.54) is 23.4 Å². The van der Waals surface area contributed by atoms with E-state index in [0.717, 1.165) is 43.3 Å². The van der Waals surface area contributed by atoms with E-state index in [-0.39, 0.29) is 11.9 Å². The fraction of sp³-hybridized carbons (Fsp3) is 0.524. The zero-order valence-electron chi connectivity index (χ0n) is 17.9. The molecule has 0 aliphatic heterocycles. The van der Waals surface area contributed by atoms with Crippen molar-refractivity contribution in [2.75, 3.05) is 27.2 Å². The van der Waals surface area contributed by atoms with Crippen molar-refractivity contribution >= 4 is 5.96 Å². The smallest absolute Gasteiger partial charge is 0.191 e. The molecule has 1 aromatic carbocycles. The van der Waals surface area contributed by atoms with Gasteiger partial charge in [0, 0.05) is 45.5 Å². The predicted octanol–water partition coefficient (Wildman–Crippen LogP) is 2.40. The Kier molecular flexibility index (Phi) is 7.99. The Labute approximate surface area is 167 Å². The molecule has 0 radical (unpaired) electrons. The van der Waals surface area contributed by atoms with Crippen LogP contribution in [-0.4, -0.2) is 53.9 Å². The summed E-state index contributed by atoms with van der Waals surface area (Å²) in [6.45, 7) is 8.72. The number of likely N-dealkylation sites (N-methyl/N-ethyl adjacent to an activating group) is 1. The van der Waals surface area contributed by atoms with Gasteiger partial charge in [0.05, 0.1) is 5.69 Å². The maximum atomic E-state index is 13.0. The van der Waals surface area contributed by atoms with Gasteiger partial charge in [-0.2, -0.15) is 5.10 Å². The van der Waals surface area contributed by atoms with Crippen LogP contribution < -0.4 is 10.6 Å². The van der Waals surface area contributed by atoms with Crippen LogP contribution in [0.3, 0.4) is 0 Å². The largest absolute Gasteiger partial charge is 0.355 e. The van der Waals surface area contributed by atoms with Crippen molar-refractivity contribution in [2.45, 2.75) is 39.8 Å². The highest BCUT2D eigenvalue weighted by Gasteiger charge is 2.14. The molecule has 0 spiro atoms.